The normalized spacial score (nSPS) is 12.2. The monoisotopic (exact) mass is 309 g/mol. The summed E-state index contributed by atoms with van der Waals surface area (Å²) in [6.07, 6.45) is 0. The van der Waals surface area contributed by atoms with Crippen LogP contribution < -0.4 is 5.73 Å². The Hall–Kier alpha value is -2.48. The molecular weight excluding hydrogens is 293 g/mol. The molecule has 0 spiro atoms. The summed E-state index contributed by atoms with van der Waals surface area (Å²) in [4.78, 5) is 30.8. The zero-order valence-electron chi connectivity index (χ0n) is 12.2. The maximum absolute atomic E-state index is 12.3. The Bertz CT molecular complexity index is 713. The fourth-order valence-electron chi connectivity index (χ4n) is 2.16. The van der Waals surface area contributed by atoms with Crippen LogP contribution >= 0.6 is 0 Å². The second-order valence-corrected chi connectivity index (χ2v) is 4.68. The van der Waals surface area contributed by atoms with Gasteiger partial charge in [-0.2, -0.15) is 0 Å². The zero-order valence-corrected chi connectivity index (χ0v) is 12.2. The van der Waals surface area contributed by atoms with Crippen molar-refractivity contribution in [1.29, 1.82) is 0 Å². The Balaban J connectivity index is 2.63. The van der Waals surface area contributed by atoms with Gasteiger partial charge in [0, 0.05) is 22.5 Å². The van der Waals surface area contributed by atoms with E-state index in [4.69, 9.17) is 10.5 Å². The molecular formula is C14H16FN3O4. The third-order valence-electron chi connectivity index (χ3n) is 3.23. The van der Waals surface area contributed by atoms with E-state index in [1.54, 1.807) is 19.9 Å². The van der Waals surface area contributed by atoms with Gasteiger partial charge in [-0.15, -0.1) is 0 Å². The molecule has 118 valence electrons. The number of hydrogen-bond acceptors (Lipinski definition) is 6. The first-order valence-corrected chi connectivity index (χ1v) is 6.75. The van der Waals surface area contributed by atoms with Gasteiger partial charge in [-0.05, 0) is 32.0 Å². The molecule has 0 amide bonds. The van der Waals surface area contributed by atoms with Gasteiger partial charge in [-0.3, -0.25) is 0 Å². The lowest BCUT2D eigenvalue weighted by Crippen LogP contribution is -2.21. The van der Waals surface area contributed by atoms with Gasteiger partial charge in [0.15, 0.2) is 5.69 Å². The van der Waals surface area contributed by atoms with Crippen LogP contribution in [0.4, 0.5) is 4.53 Å². The molecule has 22 heavy (non-hydrogen) atoms. The highest BCUT2D eigenvalue weighted by Gasteiger charge is 2.22. The van der Waals surface area contributed by atoms with Crippen molar-refractivity contribution in [2.24, 2.45) is 5.73 Å². The highest BCUT2D eigenvalue weighted by Crippen LogP contribution is 2.24. The van der Waals surface area contributed by atoms with Crippen LogP contribution in [-0.4, -0.2) is 34.6 Å². The number of carbonyl (C=O) groups excluding carboxylic acids is 2. The summed E-state index contributed by atoms with van der Waals surface area (Å²) in [6, 6.07) is 4.17. The van der Waals surface area contributed by atoms with Crippen molar-refractivity contribution in [2.45, 2.75) is 19.9 Å². The Kier molecular flexibility index (Phi) is 4.71. The number of nitrogens with two attached hydrogens (primary N) is 1. The minimum Gasteiger partial charge on any atom is -0.461 e. The number of ether oxygens (including phenoxy) is 1. The summed E-state index contributed by atoms with van der Waals surface area (Å²) in [5.74, 6) is -1.72. The van der Waals surface area contributed by atoms with Crippen LogP contribution in [-0.2, 0) is 9.68 Å². The number of esters is 1. The first-order chi connectivity index (χ1) is 10.5. The first kappa shape index (κ1) is 15.9. The van der Waals surface area contributed by atoms with E-state index < -0.39 is 11.9 Å². The van der Waals surface area contributed by atoms with Crippen LogP contribution in [0, 0.1) is 0 Å². The standard InChI is InChI=1S/C14H16FN3O4/c1-3-21-13(19)10-5-4-9-6-11(14(20)22-15)18(8(2)7-16)12(9)17-10/h4-6,8H,3,7,16H2,1-2H3. The Labute approximate surface area is 125 Å². The molecule has 2 rings (SSSR count). The van der Waals surface area contributed by atoms with Crippen molar-refractivity contribution in [3.63, 3.8) is 0 Å². The average molecular weight is 309 g/mol. The topological polar surface area (TPSA) is 96.4 Å². The smallest absolute Gasteiger partial charge is 0.395 e. The molecule has 8 heteroatoms. The molecule has 1 atom stereocenters. The van der Waals surface area contributed by atoms with Crippen LogP contribution in [0.15, 0.2) is 18.2 Å². The number of carbonyl (C=O) groups is 2. The van der Waals surface area contributed by atoms with Gasteiger partial charge in [0.05, 0.1) is 6.61 Å². The maximum Gasteiger partial charge on any atom is 0.395 e. The van der Waals surface area contributed by atoms with Gasteiger partial charge in [0.25, 0.3) is 0 Å². The molecule has 0 bridgehead atoms. The van der Waals surface area contributed by atoms with Gasteiger partial charge in [-0.1, -0.05) is 0 Å². The van der Waals surface area contributed by atoms with Crippen molar-refractivity contribution in [3.8, 4) is 0 Å². The van der Waals surface area contributed by atoms with Gasteiger partial charge in [-0.25, -0.2) is 19.5 Å². The van der Waals surface area contributed by atoms with Crippen molar-refractivity contribution in [2.75, 3.05) is 13.2 Å². The summed E-state index contributed by atoms with van der Waals surface area (Å²) in [7, 11) is 0. The van der Waals surface area contributed by atoms with E-state index in [2.05, 4.69) is 9.93 Å². The van der Waals surface area contributed by atoms with Crippen LogP contribution in [0.1, 0.15) is 40.9 Å². The maximum atomic E-state index is 12.3. The second kappa shape index (κ2) is 6.52. The fourth-order valence-corrected chi connectivity index (χ4v) is 2.16. The molecule has 0 saturated carbocycles. The quantitative estimate of drug-likeness (QED) is 0.846. The number of fused-ring (bicyclic) bond motifs is 1. The Morgan fingerprint density at radius 1 is 1.41 bits per heavy atom. The highest BCUT2D eigenvalue weighted by atomic mass is 19.3. The van der Waals surface area contributed by atoms with E-state index in [1.165, 1.54) is 16.7 Å². The molecule has 2 aromatic heterocycles. The van der Waals surface area contributed by atoms with Gasteiger partial charge >= 0.3 is 11.9 Å². The predicted octanol–water partition coefficient (Wildman–Crippen LogP) is 1.77. The van der Waals surface area contributed by atoms with Crippen molar-refractivity contribution < 1.29 is 23.8 Å². The zero-order chi connectivity index (χ0) is 16.3. The molecule has 2 aromatic rings. The third-order valence-corrected chi connectivity index (χ3v) is 3.23. The number of nitrogens with zero attached hydrogens (tertiary/aromatic N) is 2. The predicted molar refractivity (Wildman–Crippen MR) is 76.0 cm³/mol. The van der Waals surface area contributed by atoms with Crippen molar-refractivity contribution >= 4 is 23.0 Å². The summed E-state index contributed by atoms with van der Waals surface area (Å²) in [5.41, 5.74) is 6.03. The lowest BCUT2D eigenvalue weighted by Gasteiger charge is -2.14. The van der Waals surface area contributed by atoms with Gasteiger partial charge in [0.1, 0.15) is 11.3 Å². The molecule has 0 saturated heterocycles. The first-order valence-electron chi connectivity index (χ1n) is 6.75. The van der Waals surface area contributed by atoms with Crippen LogP contribution in [0.5, 0.6) is 0 Å². The molecule has 0 aromatic carbocycles. The molecule has 2 N–H and O–H groups in total. The number of rotatable bonds is 5. The van der Waals surface area contributed by atoms with Gasteiger partial charge < -0.3 is 15.0 Å². The fraction of sp³-hybridized carbons (Fsp3) is 0.357. The largest absolute Gasteiger partial charge is 0.461 e. The molecule has 0 aliphatic rings. The lowest BCUT2D eigenvalue weighted by molar-refractivity contribution is -0.0797. The molecule has 0 aliphatic heterocycles. The van der Waals surface area contributed by atoms with E-state index in [0.29, 0.717) is 11.0 Å². The van der Waals surface area contributed by atoms with E-state index in [0.717, 1.165) is 0 Å². The van der Waals surface area contributed by atoms with E-state index in [-0.39, 0.29) is 30.6 Å². The molecule has 0 radical (unpaired) electrons. The van der Waals surface area contributed by atoms with Crippen molar-refractivity contribution in [1.82, 2.24) is 9.55 Å². The summed E-state index contributed by atoms with van der Waals surface area (Å²) >= 11 is 0. The summed E-state index contributed by atoms with van der Waals surface area (Å²) in [5, 5.41) is 0.564. The van der Waals surface area contributed by atoms with Crippen LogP contribution in [0.25, 0.3) is 11.0 Å². The number of aromatic nitrogens is 2. The van der Waals surface area contributed by atoms with Crippen LogP contribution in [0.3, 0.4) is 0 Å². The second-order valence-electron chi connectivity index (χ2n) is 4.68. The molecule has 2 heterocycles. The SMILES string of the molecule is CCOC(=O)c1ccc2cc(C(=O)OF)n(C(C)CN)c2n1. The molecule has 0 aliphatic carbocycles. The minimum absolute atomic E-state index is 0.0241. The number of hydrogen-bond donors (Lipinski definition) is 1. The average Bonchev–Trinajstić information content (AvgIpc) is 2.92. The number of pyridine rings is 1. The van der Waals surface area contributed by atoms with Gasteiger partial charge in [0.2, 0.25) is 0 Å². The summed E-state index contributed by atoms with van der Waals surface area (Å²) in [6.45, 7) is 3.85. The summed E-state index contributed by atoms with van der Waals surface area (Å²) < 4.78 is 18.6. The lowest BCUT2D eigenvalue weighted by atomic mass is 10.3. The van der Waals surface area contributed by atoms with E-state index >= 15 is 0 Å². The number of halogens is 1. The Morgan fingerprint density at radius 3 is 2.73 bits per heavy atom. The van der Waals surface area contributed by atoms with E-state index in [1.807, 2.05) is 0 Å². The molecule has 1 unspecified atom stereocenters. The molecule has 0 fully saturated rings. The van der Waals surface area contributed by atoms with Crippen LogP contribution in [0.2, 0.25) is 0 Å². The minimum atomic E-state index is -1.14. The molecule has 7 nitrogen and oxygen atoms in total. The van der Waals surface area contributed by atoms with Crippen molar-refractivity contribution in [3.05, 3.63) is 29.6 Å². The highest BCUT2D eigenvalue weighted by molar-refractivity contribution is 5.96. The Morgan fingerprint density at radius 2 is 2.14 bits per heavy atom. The van der Waals surface area contributed by atoms with E-state index in [9.17, 15) is 14.1 Å². The third kappa shape index (κ3) is 2.77.